The van der Waals surface area contributed by atoms with Gasteiger partial charge in [-0.15, -0.1) is 0 Å². The minimum absolute atomic E-state index is 0.0196. The first-order chi connectivity index (χ1) is 17.5. The molecule has 208 valence electrons. The molecule has 2 aliphatic rings. The van der Waals surface area contributed by atoms with E-state index < -0.39 is 0 Å². The molecule has 2 aromatic rings. The number of carbonyl (C=O) groups is 1. The van der Waals surface area contributed by atoms with E-state index in [-0.39, 0.29) is 52.8 Å². The predicted molar refractivity (Wildman–Crippen MR) is 151 cm³/mol. The van der Waals surface area contributed by atoms with Crippen molar-refractivity contribution in [1.29, 1.82) is 0 Å². The molecule has 0 saturated carbocycles. The van der Waals surface area contributed by atoms with Gasteiger partial charge in [0.15, 0.2) is 0 Å². The quantitative estimate of drug-likeness (QED) is 0.408. The van der Waals surface area contributed by atoms with Crippen molar-refractivity contribution in [2.45, 2.75) is 122 Å². The summed E-state index contributed by atoms with van der Waals surface area (Å²) in [6.07, 6.45) is 3.25. The molecule has 0 unspecified atom stereocenters. The summed E-state index contributed by atoms with van der Waals surface area (Å²) in [5.41, 5.74) is 2.42. The third-order valence-electron chi connectivity index (χ3n) is 7.56. The molecule has 0 spiro atoms. The second kappa shape index (κ2) is 10.4. The number of hydrogen-bond acceptors (Lipinski definition) is 5. The van der Waals surface area contributed by atoms with E-state index in [1.54, 1.807) is 24.3 Å². The molecule has 2 fully saturated rings. The largest absolute Gasteiger partial charge is 0.459 e. The number of carbonyl (C=O) groups excluding carboxylic acids is 1. The SMILES string of the molecule is CC1(C)CC(OCc2ccc(-c3ccc(C(=O)OC4CC(C)(C)NC(C)(C)C4)cc3)cc2F)CC(C)(C)N1. The molecule has 4 rings (SSSR count). The Morgan fingerprint density at radius 1 is 0.763 bits per heavy atom. The zero-order valence-corrected chi connectivity index (χ0v) is 24.3. The molecule has 2 aliphatic heterocycles. The van der Waals surface area contributed by atoms with Gasteiger partial charge < -0.3 is 20.1 Å². The van der Waals surface area contributed by atoms with Crippen LogP contribution in [0.4, 0.5) is 4.39 Å². The molecule has 0 aromatic heterocycles. The molecule has 2 saturated heterocycles. The van der Waals surface area contributed by atoms with Crippen LogP contribution in [0.25, 0.3) is 11.1 Å². The molecule has 6 heteroatoms. The number of nitrogens with one attached hydrogen (secondary N) is 2. The fourth-order valence-corrected chi connectivity index (χ4v) is 6.73. The summed E-state index contributed by atoms with van der Waals surface area (Å²) in [5.74, 6) is -0.604. The van der Waals surface area contributed by atoms with Crippen molar-refractivity contribution in [3.05, 3.63) is 59.4 Å². The Balaban J connectivity index is 1.37. The lowest BCUT2D eigenvalue weighted by atomic mass is 9.81. The van der Waals surface area contributed by atoms with Gasteiger partial charge in [-0.1, -0.05) is 24.3 Å². The first kappa shape index (κ1) is 28.7. The van der Waals surface area contributed by atoms with Crippen molar-refractivity contribution < 1.29 is 18.7 Å². The van der Waals surface area contributed by atoms with E-state index >= 15 is 4.39 Å². The van der Waals surface area contributed by atoms with Gasteiger partial charge in [-0.3, -0.25) is 0 Å². The summed E-state index contributed by atoms with van der Waals surface area (Å²) in [6, 6.07) is 12.4. The van der Waals surface area contributed by atoms with E-state index in [4.69, 9.17) is 9.47 Å². The van der Waals surface area contributed by atoms with Gasteiger partial charge in [0.05, 0.1) is 18.3 Å². The van der Waals surface area contributed by atoms with Gasteiger partial charge in [0.1, 0.15) is 11.9 Å². The average Bonchev–Trinajstić information content (AvgIpc) is 2.74. The lowest BCUT2D eigenvalue weighted by Gasteiger charge is -2.46. The molecule has 0 atom stereocenters. The monoisotopic (exact) mass is 524 g/mol. The molecule has 38 heavy (non-hydrogen) atoms. The average molecular weight is 525 g/mol. The third kappa shape index (κ3) is 7.43. The number of benzene rings is 2. The number of halogens is 1. The Hall–Kier alpha value is -2.28. The maximum Gasteiger partial charge on any atom is 0.338 e. The van der Waals surface area contributed by atoms with Crippen LogP contribution in [0.5, 0.6) is 0 Å². The van der Waals surface area contributed by atoms with Crippen LogP contribution < -0.4 is 10.6 Å². The van der Waals surface area contributed by atoms with Crippen LogP contribution >= 0.6 is 0 Å². The van der Waals surface area contributed by atoms with Crippen molar-refractivity contribution in [3.63, 3.8) is 0 Å². The van der Waals surface area contributed by atoms with Gasteiger partial charge in [0, 0.05) is 40.6 Å². The van der Waals surface area contributed by atoms with E-state index in [9.17, 15) is 4.79 Å². The molecule has 0 radical (unpaired) electrons. The lowest BCUT2D eigenvalue weighted by molar-refractivity contribution is -0.0311. The zero-order chi connectivity index (χ0) is 27.9. The molecule has 2 N–H and O–H groups in total. The van der Waals surface area contributed by atoms with Crippen molar-refractivity contribution in [1.82, 2.24) is 10.6 Å². The van der Waals surface area contributed by atoms with E-state index in [0.717, 1.165) is 36.8 Å². The first-order valence-electron chi connectivity index (χ1n) is 13.8. The topological polar surface area (TPSA) is 59.6 Å². The summed E-state index contributed by atoms with van der Waals surface area (Å²) >= 11 is 0. The van der Waals surface area contributed by atoms with E-state index in [2.05, 4.69) is 66.0 Å². The van der Waals surface area contributed by atoms with Gasteiger partial charge in [0.2, 0.25) is 0 Å². The standard InChI is InChI=1S/C32H45FN2O3/c1-29(2)16-25(17-30(3,4)34-29)37-20-24-14-13-23(15-27(24)33)21-9-11-22(12-10-21)28(36)38-26-18-31(5,6)35-32(7,8)19-26/h9-15,25-26,34-35H,16-20H2,1-8H3. The zero-order valence-electron chi connectivity index (χ0n) is 24.3. The summed E-state index contributed by atoms with van der Waals surface area (Å²) in [6.45, 7) is 17.5. The Morgan fingerprint density at radius 2 is 1.24 bits per heavy atom. The molecule has 0 amide bonds. The predicted octanol–water partition coefficient (Wildman–Crippen LogP) is 6.78. The van der Waals surface area contributed by atoms with Crippen LogP contribution in [0.3, 0.4) is 0 Å². The highest BCUT2D eigenvalue weighted by atomic mass is 19.1. The van der Waals surface area contributed by atoms with Gasteiger partial charge in [-0.25, -0.2) is 9.18 Å². The van der Waals surface area contributed by atoms with Crippen molar-refractivity contribution in [3.8, 4) is 11.1 Å². The Labute approximate surface area is 227 Å². The fraction of sp³-hybridized carbons (Fsp3) is 0.594. The van der Waals surface area contributed by atoms with Crippen LogP contribution in [0.2, 0.25) is 0 Å². The molecule has 0 bridgehead atoms. The number of piperidine rings is 2. The number of hydrogen-bond donors (Lipinski definition) is 2. The molecular weight excluding hydrogens is 479 g/mol. The molecule has 0 aliphatic carbocycles. The van der Waals surface area contributed by atoms with Crippen LogP contribution in [0.1, 0.15) is 97.0 Å². The van der Waals surface area contributed by atoms with Crippen molar-refractivity contribution in [2.75, 3.05) is 0 Å². The van der Waals surface area contributed by atoms with Crippen LogP contribution in [-0.4, -0.2) is 40.3 Å². The van der Waals surface area contributed by atoms with Gasteiger partial charge >= 0.3 is 5.97 Å². The smallest absolute Gasteiger partial charge is 0.338 e. The highest BCUT2D eigenvalue weighted by Crippen LogP contribution is 2.33. The third-order valence-corrected chi connectivity index (χ3v) is 7.56. The molecule has 5 nitrogen and oxygen atoms in total. The minimum atomic E-state index is -0.321. The molecular formula is C32H45FN2O3. The van der Waals surface area contributed by atoms with Crippen molar-refractivity contribution in [2.24, 2.45) is 0 Å². The lowest BCUT2D eigenvalue weighted by Crippen LogP contribution is -2.59. The number of esters is 1. The fourth-order valence-electron chi connectivity index (χ4n) is 6.73. The maximum atomic E-state index is 15.0. The second-order valence-corrected chi connectivity index (χ2v) is 13.9. The molecule has 2 aromatic carbocycles. The summed E-state index contributed by atoms with van der Waals surface area (Å²) < 4.78 is 27.1. The highest BCUT2D eigenvalue weighted by Gasteiger charge is 2.40. The van der Waals surface area contributed by atoms with Crippen LogP contribution in [-0.2, 0) is 16.1 Å². The second-order valence-electron chi connectivity index (χ2n) is 13.9. The molecule has 2 heterocycles. The maximum absolute atomic E-state index is 15.0. The van der Waals surface area contributed by atoms with Gasteiger partial charge in [0.25, 0.3) is 0 Å². The number of rotatable bonds is 6. The van der Waals surface area contributed by atoms with E-state index in [1.807, 2.05) is 18.2 Å². The number of ether oxygens (including phenoxy) is 2. The summed E-state index contributed by atoms with van der Waals surface area (Å²) in [4.78, 5) is 12.8. The van der Waals surface area contributed by atoms with Crippen molar-refractivity contribution >= 4 is 5.97 Å². The van der Waals surface area contributed by atoms with E-state index in [1.165, 1.54) is 0 Å². The van der Waals surface area contributed by atoms with Crippen LogP contribution in [0, 0.1) is 5.82 Å². The normalized spacial score (nSPS) is 22.7. The van der Waals surface area contributed by atoms with Crippen LogP contribution in [0.15, 0.2) is 42.5 Å². The summed E-state index contributed by atoms with van der Waals surface area (Å²) in [7, 11) is 0. The van der Waals surface area contributed by atoms with Gasteiger partial charge in [-0.05, 0) is 97.6 Å². The Morgan fingerprint density at radius 3 is 1.74 bits per heavy atom. The Kier molecular flexibility index (Phi) is 7.83. The minimum Gasteiger partial charge on any atom is -0.459 e. The summed E-state index contributed by atoms with van der Waals surface area (Å²) in [5, 5.41) is 7.26. The highest BCUT2D eigenvalue weighted by molar-refractivity contribution is 5.90. The first-order valence-corrected chi connectivity index (χ1v) is 13.8. The Bertz CT molecular complexity index is 1120. The van der Waals surface area contributed by atoms with E-state index in [0.29, 0.717) is 11.1 Å². The van der Waals surface area contributed by atoms with Gasteiger partial charge in [-0.2, -0.15) is 0 Å².